The average Bonchev–Trinajstić information content (AvgIpc) is 2.74. The van der Waals surface area contributed by atoms with Crippen molar-refractivity contribution in [2.24, 2.45) is 0 Å². The van der Waals surface area contributed by atoms with Gasteiger partial charge in [0.15, 0.2) is 0 Å². The number of ether oxygens (including phenoxy) is 2. The van der Waals surface area contributed by atoms with E-state index in [9.17, 15) is 18.4 Å². The third kappa shape index (κ3) is 4.59. The smallest absolute Gasteiger partial charge is 0.355 e. The number of hydrogen-bond acceptors (Lipinski definition) is 6. The molecule has 0 saturated heterocycles. The fraction of sp³-hybridized carbons (Fsp3) is 0.273. The molecule has 158 valence electrons. The minimum atomic E-state index is -0.677. The van der Waals surface area contributed by atoms with Crippen molar-refractivity contribution in [1.82, 2.24) is 0 Å². The first kappa shape index (κ1) is 21.3. The van der Waals surface area contributed by atoms with Crippen molar-refractivity contribution in [3.05, 3.63) is 71.4 Å². The molecule has 8 heteroatoms. The predicted molar refractivity (Wildman–Crippen MR) is 108 cm³/mol. The van der Waals surface area contributed by atoms with Crippen LogP contribution in [0.15, 0.2) is 59.8 Å². The minimum absolute atomic E-state index is 0.0419. The first-order valence-corrected chi connectivity index (χ1v) is 9.55. The van der Waals surface area contributed by atoms with Crippen LogP contribution in [-0.4, -0.2) is 38.4 Å². The van der Waals surface area contributed by atoms with Crippen molar-refractivity contribution in [1.29, 1.82) is 0 Å². The van der Waals surface area contributed by atoms with Gasteiger partial charge in [-0.2, -0.15) is 0 Å². The van der Waals surface area contributed by atoms with E-state index in [-0.39, 0.29) is 43.5 Å². The molecular formula is C22H22F2N2O4. The largest absolute Gasteiger partial charge is 0.463 e. The van der Waals surface area contributed by atoms with Gasteiger partial charge in [0.1, 0.15) is 17.3 Å². The number of carbonyl (C=O) groups is 2. The zero-order valence-corrected chi connectivity index (χ0v) is 16.7. The van der Waals surface area contributed by atoms with Crippen LogP contribution in [0.1, 0.15) is 13.8 Å². The molecule has 0 bridgehead atoms. The SMILES string of the molecule is CCOC(=O)C1=C(C(=O)OCC)N(c2ccc(F)cc2)CN(c2ccc(F)cc2)C1. The van der Waals surface area contributed by atoms with Crippen LogP contribution in [0.3, 0.4) is 0 Å². The zero-order valence-electron chi connectivity index (χ0n) is 16.7. The molecule has 1 heterocycles. The standard InChI is InChI=1S/C22H22F2N2O4/c1-3-29-21(27)19-13-25(17-9-5-15(23)6-10-17)14-26(20(19)22(28)30-4-2)18-11-7-16(24)8-12-18/h5-12H,3-4,13-14H2,1-2H3. The molecule has 3 rings (SSSR count). The summed E-state index contributed by atoms with van der Waals surface area (Å²) >= 11 is 0. The Labute approximate surface area is 173 Å². The lowest BCUT2D eigenvalue weighted by Crippen LogP contribution is -2.48. The zero-order chi connectivity index (χ0) is 21.7. The number of carbonyl (C=O) groups excluding carboxylic acids is 2. The van der Waals surface area contributed by atoms with Crippen molar-refractivity contribution in [3.63, 3.8) is 0 Å². The van der Waals surface area contributed by atoms with Crippen LogP contribution in [-0.2, 0) is 19.1 Å². The fourth-order valence-corrected chi connectivity index (χ4v) is 3.19. The summed E-state index contributed by atoms with van der Waals surface area (Å²) < 4.78 is 37.2. The van der Waals surface area contributed by atoms with Crippen LogP contribution < -0.4 is 9.80 Å². The summed E-state index contributed by atoms with van der Waals surface area (Å²) in [6.07, 6.45) is 0. The molecular weight excluding hydrogens is 394 g/mol. The summed E-state index contributed by atoms with van der Waals surface area (Å²) in [7, 11) is 0. The third-order valence-electron chi connectivity index (χ3n) is 4.54. The van der Waals surface area contributed by atoms with Gasteiger partial charge in [0.2, 0.25) is 0 Å². The van der Waals surface area contributed by atoms with Gasteiger partial charge in [-0.05, 0) is 62.4 Å². The molecule has 0 saturated carbocycles. The summed E-state index contributed by atoms with van der Waals surface area (Å²) in [6, 6.07) is 11.3. The molecule has 0 fully saturated rings. The molecule has 1 aliphatic heterocycles. The van der Waals surface area contributed by atoms with Crippen LogP contribution in [0.25, 0.3) is 0 Å². The van der Waals surface area contributed by atoms with Crippen LogP contribution in [0.2, 0.25) is 0 Å². The Balaban J connectivity index is 2.12. The van der Waals surface area contributed by atoms with Gasteiger partial charge in [-0.1, -0.05) is 0 Å². The number of hydrogen-bond donors (Lipinski definition) is 0. The molecule has 1 aliphatic rings. The second-order valence-electron chi connectivity index (χ2n) is 6.49. The highest BCUT2D eigenvalue weighted by molar-refractivity contribution is 6.04. The van der Waals surface area contributed by atoms with E-state index in [1.807, 2.05) is 0 Å². The first-order chi connectivity index (χ1) is 14.4. The lowest BCUT2D eigenvalue weighted by Gasteiger charge is -2.39. The lowest BCUT2D eigenvalue weighted by atomic mass is 10.1. The van der Waals surface area contributed by atoms with Crippen molar-refractivity contribution in [3.8, 4) is 0 Å². The van der Waals surface area contributed by atoms with Crippen LogP contribution in [0.5, 0.6) is 0 Å². The number of rotatable bonds is 6. The van der Waals surface area contributed by atoms with Crippen molar-refractivity contribution in [2.75, 3.05) is 36.2 Å². The molecule has 2 aromatic carbocycles. The van der Waals surface area contributed by atoms with Gasteiger partial charge in [0.05, 0.1) is 32.0 Å². The van der Waals surface area contributed by atoms with E-state index < -0.39 is 17.8 Å². The van der Waals surface area contributed by atoms with E-state index in [0.29, 0.717) is 11.4 Å². The Bertz CT molecular complexity index is 943. The Kier molecular flexibility index (Phi) is 6.66. The van der Waals surface area contributed by atoms with Gasteiger partial charge in [0, 0.05) is 11.4 Å². The maximum atomic E-state index is 13.5. The first-order valence-electron chi connectivity index (χ1n) is 9.55. The average molecular weight is 416 g/mol. The predicted octanol–water partition coefficient (Wildman–Crippen LogP) is 3.63. The molecule has 0 aliphatic carbocycles. The highest BCUT2D eigenvalue weighted by atomic mass is 19.1. The molecule has 0 spiro atoms. The van der Waals surface area contributed by atoms with Gasteiger partial charge in [-0.15, -0.1) is 0 Å². The maximum Gasteiger partial charge on any atom is 0.355 e. The number of nitrogens with zero attached hydrogens (tertiary/aromatic N) is 2. The van der Waals surface area contributed by atoms with E-state index in [2.05, 4.69) is 0 Å². The van der Waals surface area contributed by atoms with Crippen molar-refractivity contribution < 1.29 is 27.8 Å². The van der Waals surface area contributed by atoms with E-state index in [0.717, 1.165) is 0 Å². The number of anilines is 2. The van der Waals surface area contributed by atoms with Gasteiger partial charge in [-0.25, -0.2) is 18.4 Å². The number of benzene rings is 2. The van der Waals surface area contributed by atoms with Crippen LogP contribution in [0.4, 0.5) is 20.2 Å². The molecule has 30 heavy (non-hydrogen) atoms. The van der Waals surface area contributed by atoms with Gasteiger partial charge >= 0.3 is 11.9 Å². The Morgan fingerprint density at radius 2 is 1.33 bits per heavy atom. The second-order valence-corrected chi connectivity index (χ2v) is 6.49. The molecule has 0 N–H and O–H groups in total. The summed E-state index contributed by atoms with van der Waals surface area (Å²) in [5, 5.41) is 0. The molecule has 0 unspecified atom stereocenters. The Hall–Kier alpha value is -3.42. The van der Waals surface area contributed by atoms with Crippen molar-refractivity contribution in [2.45, 2.75) is 13.8 Å². The number of halogens is 2. The highest BCUT2D eigenvalue weighted by Crippen LogP contribution is 2.30. The van der Waals surface area contributed by atoms with Gasteiger partial charge in [-0.3, -0.25) is 0 Å². The monoisotopic (exact) mass is 416 g/mol. The topological polar surface area (TPSA) is 59.1 Å². The van der Waals surface area contributed by atoms with E-state index >= 15 is 0 Å². The molecule has 0 radical (unpaired) electrons. The van der Waals surface area contributed by atoms with E-state index in [1.165, 1.54) is 36.4 Å². The van der Waals surface area contributed by atoms with Crippen molar-refractivity contribution >= 4 is 23.3 Å². The summed E-state index contributed by atoms with van der Waals surface area (Å²) in [4.78, 5) is 28.9. The molecule has 6 nitrogen and oxygen atoms in total. The van der Waals surface area contributed by atoms with Gasteiger partial charge in [0.25, 0.3) is 0 Å². The third-order valence-corrected chi connectivity index (χ3v) is 4.54. The normalized spacial score (nSPS) is 14.0. The van der Waals surface area contributed by atoms with Gasteiger partial charge < -0.3 is 19.3 Å². The molecule has 0 aromatic heterocycles. The Morgan fingerprint density at radius 1 is 0.833 bits per heavy atom. The van der Waals surface area contributed by atoms with Crippen LogP contribution >= 0.6 is 0 Å². The summed E-state index contributed by atoms with van der Waals surface area (Å²) in [5.41, 5.74) is 1.29. The van der Waals surface area contributed by atoms with E-state index in [1.54, 1.807) is 35.8 Å². The second kappa shape index (κ2) is 9.39. The highest BCUT2D eigenvalue weighted by Gasteiger charge is 2.35. The molecule has 0 atom stereocenters. The molecule has 0 amide bonds. The summed E-state index contributed by atoms with van der Waals surface area (Å²) in [6.45, 7) is 3.81. The maximum absolute atomic E-state index is 13.5. The number of esters is 2. The Morgan fingerprint density at radius 3 is 1.87 bits per heavy atom. The van der Waals surface area contributed by atoms with E-state index in [4.69, 9.17) is 9.47 Å². The lowest BCUT2D eigenvalue weighted by molar-refractivity contribution is -0.142. The fourth-order valence-electron chi connectivity index (χ4n) is 3.19. The quantitative estimate of drug-likeness (QED) is 0.671. The van der Waals surface area contributed by atoms with Crippen LogP contribution in [0, 0.1) is 11.6 Å². The molecule has 2 aromatic rings. The minimum Gasteiger partial charge on any atom is -0.463 e. The summed E-state index contributed by atoms with van der Waals surface area (Å²) in [5.74, 6) is -2.15.